The van der Waals surface area contributed by atoms with E-state index in [1.54, 1.807) is 56.3 Å². The van der Waals surface area contributed by atoms with Gasteiger partial charge in [-0.05, 0) is 38.5 Å². The minimum Gasteiger partial charge on any atom is -0.461 e. The van der Waals surface area contributed by atoms with Gasteiger partial charge in [0.05, 0.1) is 17.0 Å². The zero-order chi connectivity index (χ0) is 19.3. The van der Waals surface area contributed by atoms with Crippen molar-refractivity contribution in [2.75, 3.05) is 0 Å². The second-order valence-electron chi connectivity index (χ2n) is 6.25. The van der Waals surface area contributed by atoms with Gasteiger partial charge in [0, 0.05) is 0 Å². The van der Waals surface area contributed by atoms with E-state index in [9.17, 15) is 18.3 Å². The molecule has 6 nitrogen and oxygen atoms in total. The van der Waals surface area contributed by atoms with Gasteiger partial charge in [-0.25, -0.2) is 17.9 Å². The number of aryl methyl sites for hydroxylation is 1. The molecule has 0 amide bonds. The van der Waals surface area contributed by atoms with Crippen molar-refractivity contribution in [1.82, 2.24) is 4.72 Å². The molecule has 0 bridgehead atoms. The van der Waals surface area contributed by atoms with E-state index in [4.69, 9.17) is 4.74 Å². The van der Waals surface area contributed by atoms with Gasteiger partial charge in [-0.15, -0.1) is 0 Å². The number of hydrogen-bond donors (Lipinski definition) is 2. The van der Waals surface area contributed by atoms with Crippen LogP contribution in [0.2, 0.25) is 0 Å². The van der Waals surface area contributed by atoms with Crippen molar-refractivity contribution >= 4 is 16.0 Å². The number of aliphatic hydroxyl groups excluding tert-OH is 1. The molecule has 0 spiro atoms. The minimum atomic E-state index is -3.95. The Morgan fingerprint density at radius 2 is 1.62 bits per heavy atom. The van der Waals surface area contributed by atoms with Gasteiger partial charge in [0.25, 0.3) is 0 Å². The molecule has 2 atom stereocenters. The van der Waals surface area contributed by atoms with Crippen molar-refractivity contribution < 1.29 is 23.1 Å². The average molecular weight is 377 g/mol. The molecular formula is C19H23NO5S. The van der Waals surface area contributed by atoms with Crippen LogP contribution >= 0.6 is 0 Å². The Kier molecular flexibility index (Phi) is 6.52. The van der Waals surface area contributed by atoms with Crippen LogP contribution in [-0.4, -0.2) is 31.7 Å². The minimum absolute atomic E-state index is 0.0495. The van der Waals surface area contributed by atoms with E-state index in [2.05, 4.69) is 4.72 Å². The molecule has 7 heteroatoms. The molecule has 0 saturated heterocycles. The van der Waals surface area contributed by atoms with Crippen molar-refractivity contribution in [2.24, 2.45) is 0 Å². The maximum absolute atomic E-state index is 12.7. The van der Waals surface area contributed by atoms with E-state index in [1.807, 2.05) is 6.92 Å². The molecule has 2 rings (SSSR count). The highest BCUT2D eigenvalue weighted by Gasteiger charge is 2.33. The van der Waals surface area contributed by atoms with Crippen molar-refractivity contribution in [3.8, 4) is 0 Å². The van der Waals surface area contributed by atoms with Gasteiger partial charge in [0.1, 0.15) is 0 Å². The summed E-state index contributed by atoms with van der Waals surface area (Å²) in [5.74, 6) is -0.888. The predicted octanol–water partition coefficient (Wildman–Crippen LogP) is 2.33. The summed E-state index contributed by atoms with van der Waals surface area (Å²) >= 11 is 0. The first-order valence-electron chi connectivity index (χ1n) is 8.23. The maximum Gasteiger partial charge on any atom is 0.337 e. The Morgan fingerprint density at radius 3 is 2.15 bits per heavy atom. The number of esters is 1. The number of carbonyl (C=O) groups excluding carboxylic acids is 1. The fourth-order valence-corrected chi connectivity index (χ4v) is 3.60. The Bertz CT molecular complexity index is 832. The number of sulfonamides is 1. The average Bonchev–Trinajstić information content (AvgIpc) is 2.59. The van der Waals surface area contributed by atoms with E-state index in [1.165, 1.54) is 12.1 Å². The van der Waals surface area contributed by atoms with E-state index in [0.29, 0.717) is 5.56 Å². The van der Waals surface area contributed by atoms with Gasteiger partial charge >= 0.3 is 5.97 Å². The van der Waals surface area contributed by atoms with E-state index in [0.717, 1.165) is 5.56 Å². The molecule has 2 aromatic carbocycles. The summed E-state index contributed by atoms with van der Waals surface area (Å²) < 4.78 is 32.9. The van der Waals surface area contributed by atoms with Crippen molar-refractivity contribution in [3.05, 3.63) is 65.7 Å². The van der Waals surface area contributed by atoms with Crippen LogP contribution in [-0.2, 0) is 19.6 Å². The van der Waals surface area contributed by atoms with Crippen LogP contribution in [0.15, 0.2) is 59.5 Å². The quantitative estimate of drug-likeness (QED) is 0.723. The second-order valence-corrected chi connectivity index (χ2v) is 7.97. The normalized spacial score (nSPS) is 14.0. The van der Waals surface area contributed by atoms with Crippen molar-refractivity contribution in [1.29, 1.82) is 0 Å². The molecule has 2 aromatic rings. The summed E-state index contributed by atoms with van der Waals surface area (Å²) in [6.07, 6.45) is -2.11. The first-order valence-corrected chi connectivity index (χ1v) is 9.71. The Balaban J connectivity index is 2.35. The van der Waals surface area contributed by atoms with Gasteiger partial charge in [-0.3, -0.25) is 0 Å². The topological polar surface area (TPSA) is 92.7 Å². The number of benzene rings is 2. The Morgan fingerprint density at radius 1 is 1.04 bits per heavy atom. The highest BCUT2D eigenvalue weighted by molar-refractivity contribution is 7.89. The first-order chi connectivity index (χ1) is 12.2. The van der Waals surface area contributed by atoms with Crippen molar-refractivity contribution in [2.45, 2.75) is 43.9 Å². The van der Waals surface area contributed by atoms with E-state index < -0.39 is 34.2 Å². The number of nitrogens with one attached hydrogen (secondary N) is 1. The fraction of sp³-hybridized carbons (Fsp3) is 0.316. The molecule has 0 aliphatic heterocycles. The van der Waals surface area contributed by atoms with Crippen LogP contribution in [0.25, 0.3) is 0 Å². The lowest BCUT2D eigenvalue weighted by Crippen LogP contribution is -2.41. The lowest BCUT2D eigenvalue weighted by atomic mass is 10.0. The lowest BCUT2D eigenvalue weighted by molar-refractivity contribution is -0.158. The third-order valence-electron chi connectivity index (χ3n) is 3.68. The van der Waals surface area contributed by atoms with Crippen LogP contribution in [0, 0.1) is 6.92 Å². The van der Waals surface area contributed by atoms with Gasteiger partial charge < -0.3 is 9.84 Å². The summed E-state index contributed by atoms with van der Waals surface area (Å²) in [5, 5.41) is 10.4. The van der Waals surface area contributed by atoms with Crippen LogP contribution in [0.5, 0.6) is 0 Å². The molecule has 0 fully saturated rings. The monoisotopic (exact) mass is 377 g/mol. The summed E-state index contributed by atoms with van der Waals surface area (Å²) in [7, 11) is -3.95. The molecule has 0 aliphatic rings. The number of hydrogen-bond acceptors (Lipinski definition) is 5. The molecule has 0 aromatic heterocycles. The molecule has 26 heavy (non-hydrogen) atoms. The molecule has 0 radical (unpaired) electrons. The highest BCUT2D eigenvalue weighted by atomic mass is 32.2. The SMILES string of the molecule is Cc1ccc(S(=O)(=O)N[C@H](c2ccccc2)[C@@H](O)C(=O)OC(C)C)cc1. The van der Waals surface area contributed by atoms with Crippen LogP contribution in [0.4, 0.5) is 0 Å². The van der Waals surface area contributed by atoms with E-state index in [-0.39, 0.29) is 4.90 Å². The van der Waals surface area contributed by atoms with Gasteiger partial charge in [0.15, 0.2) is 6.10 Å². The maximum atomic E-state index is 12.7. The molecule has 2 N–H and O–H groups in total. The highest BCUT2D eigenvalue weighted by Crippen LogP contribution is 2.22. The molecule has 0 saturated carbocycles. The van der Waals surface area contributed by atoms with Gasteiger partial charge in [-0.1, -0.05) is 48.0 Å². The van der Waals surface area contributed by atoms with Crippen LogP contribution < -0.4 is 4.72 Å². The fourth-order valence-electron chi connectivity index (χ4n) is 2.37. The smallest absolute Gasteiger partial charge is 0.337 e. The molecule has 0 heterocycles. The first kappa shape index (κ1) is 20.1. The zero-order valence-electron chi connectivity index (χ0n) is 14.9. The van der Waals surface area contributed by atoms with Gasteiger partial charge in [-0.2, -0.15) is 0 Å². The second kappa shape index (κ2) is 8.44. The van der Waals surface area contributed by atoms with Crippen LogP contribution in [0.3, 0.4) is 0 Å². The van der Waals surface area contributed by atoms with Crippen LogP contribution in [0.1, 0.15) is 31.0 Å². The molecular weight excluding hydrogens is 354 g/mol. The molecule has 140 valence electrons. The number of aliphatic hydroxyl groups is 1. The van der Waals surface area contributed by atoms with Crippen molar-refractivity contribution in [3.63, 3.8) is 0 Å². The summed E-state index contributed by atoms with van der Waals surface area (Å²) in [6.45, 7) is 5.15. The number of ether oxygens (including phenoxy) is 1. The summed E-state index contributed by atoms with van der Waals surface area (Å²) in [5.41, 5.74) is 1.38. The largest absolute Gasteiger partial charge is 0.461 e. The lowest BCUT2D eigenvalue weighted by Gasteiger charge is -2.24. The number of carbonyl (C=O) groups is 1. The summed E-state index contributed by atoms with van der Waals surface area (Å²) in [4.78, 5) is 12.2. The molecule has 0 unspecified atom stereocenters. The van der Waals surface area contributed by atoms with E-state index >= 15 is 0 Å². The Hall–Kier alpha value is -2.22. The zero-order valence-corrected chi connectivity index (χ0v) is 15.7. The molecule has 0 aliphatic carbocycles. The standard InChI is InChI=1S/C19H23NO5S/c1-13(2)25-19(22)18(21)17(15-7-5-4-6-8-15)20-26(23,24)16-11-9-14(3)10-12-16/h4-13,17-18,20-21H,1-3H3/t17-,18-/m1/s1. The third kappa shape index (κ3) is 5.14. The third-order valence-corrected chi connectivity index (χ3v) is 5.14. The van der Waals surface area contributed by atoms with Gasteiger partial charge in [0.2, 0.25) is 10.0 Å². The summed E-state index contributed by atoms with van der Waals surface area (Å²) in [6, 6.07) is 13.5. The Labute approximate surface area is 153 Å². The number of rotatable bonds is 7. The predicted molar refractivity (Wildman–Crippen MR) is 97.9 cm³/mol.